The summed E-state index contributed by atoms with van der Waals surface area (Å²) in [7, 11) is 0. The van der Waals surface area contributed by atoms with Gasteiger partial charge in [-0.05, 0) is 51.0 Å². The summed E-state index contributed by atoms with van der Waals surface area (Å²) in [6, 6.07) is 4.03. The SMILES string of the molecule is CCOC(=O)C1(C)CCCCN1C(=O)CCc1cccs1. The first-order valence-corrected chi connectivity index (χ1v) is 8.46. The minimum atomic E-state index is -0.791. The minimum absolute atomic E-state index is 0.0543. The van der Waals surface area contributed by atoms with E-state index in [4.69, 9.17) is 4.74 Å². The van der Waals surface area contributed by atoms with E-state index in [1.165, 1.54) is 4.88 Å². The zero-order chi connectivity index (χ0) is 15.3. The molecule has 0 radical (unpaired) electrons. The molecule has 2 rings (SSSR count). The van der Waals surface area contributed by atoms with E-state index in [1.807, 2.05) is 24.4 Å². The Bertz CT molecular complexity index is 486. The number of aryl methyl sites for hydroxylation is 1. The molecule has 5 heteroatoms. The molecule has 0 spiro atoms. The van der Waals surface area contributed by atoms with Crippen LogP contribution in [0.5, 0.6) is 0 Å². The van der Waals surface area contributed by atoms with E-state index in [-0.39, 0.29) is 11.9 Å². The highest BCUT2D eigenvalue weighted by Gasteiger charge is 2.44. The first-order valence-electron chi connectivity index (χ1n) is 7.58. The van der Waals surface area contributed by atoms with Crippen molar-refractivity contribution in [3.05, 3.63) is 22.4 Å². The maximum absolute atomic E-state index is 12.5. The second kappa shape index (κ2) is 7.07. The average Bonchev–Trinajstić information content (AvgIpc) is 2.99. The molecule has 1 aromatic rings. The van der Waals surface area contributed by atoms with Gasteiger partial charge in [0.1, 0.15) is 5.54 Å². The van der Waals surface area contributed by atoms with Crippen molar-refractivity contribution in [1.82, 2.24) is 4.90 Å². The number of carbonyl (C=O) groups excluding carboxylic acids is 2. The molecule has 1 amide bonds. The highest BCUT2D eigenvalue weighted by Crippen LogP contribution is 2.30. The smallest absolute Gasteiger partial charge is 0.331 e. The molecule has 116 valence electrons. The number of amides is 1. The number of rotatable bonds is 5. The fourth-order valence-electron chi connectivity index (χ4n) is 2.84. The quantitative estimate of drug-likeness (QED) is 0.786. The first-order chi connectivity index (χ1) is 10.1. The summed E-state index contributed by atoms with van der Waals surface area (Å²) in [5.74, 6) is -0.215. The van der Waals surface area contributed by atoms with Gasteiger partial charge in [0.05, 0.1) is 6.61 Å². The summed E-state index contributed by atoms with van der Waals surface area (Å²) >= 11 is 1.66. The van der Waals surface area contributed by atoms with Crippen molar-refractivity contribution in [3.8, 4) is 0 Å². The van der Waals surface area contributed by atoms with Gasteiger partial charge < -0.3 is 9.64 Å². The summed E-state index contributed by atoms with van der Waals surface area (Å²) in [6.45, 7) is 4.64. The summed E-state index contributed by atoms with van der Waals surface area (Å²) in [5.41, 5.74) is -0.791. The second-order valence-electron chi connectivity index (χ2n) is 5.58. The Morgan fingerprint density at radius 1 is 1.43 bits per heavy atom. The predicted octanol–water partition coefficient (Wildman–Crippen LogP) is 3.02. The maximum atomic E-state index is 12.5. The first kappa shape index (κ1) is 16.0. The Labute approximate surface area is 130 Å². The van der Waals surface area contributed by atoms with Gasteiger partial charge in [0.25, 0.3) is 0 Å². The lowest BCUT2D eigenvalue weighted by Gasteiger charge is -2.42. The zero-order valence-corrected chi connectivity index (χ0v) is 13.6. The van der Waals surface area contributed by atoms with Gasteiger partial charge in [-0.2, -0.15) is 0 Å². The molecule has 0 aliphatic carbocycles. The van der Waals surface area contributed by atoms with Crippen LogP contribution < -0.4 is 0 Å². The van der Waals surface area contributed by atoms with Gasteiger partial charge in [0.15, 0.2) is 0 Å². The molecule has 0 saturated carbocycles. The number of nitrogens with zero attached hydrogens (tertiary/aromatic N) is 1. The molecule has 1 aromatic heterocycles. The number of ether oxygens (including phenoxy) is 1. The third-order valence-electron chi connectivity index (χ3n) is 4.07. The van der Waals surface area contributed by atoms with Gasteiger partial charge in [0, 0.05) is 17.8 Å². The Hall–Kier alpha value is -1.36. The van der Waals surface area contributed by atoms with Crippen LogP contribution in [-0.2, 0) is 20.7 Å². The van der Waals surface area contributed by atoms with Crippen LogP contribution in [0.25, 0.3) is 0 Å². The fourth-order valence-corrected chi connectivity index (χ4v) is 3.55. The van der Waals surface area contributed by atoms with Crippen LogP contribution in [0.3, 0.4) is 0 Å². The zero-order valence-electron chi connectivity index (χ0n) is 12.8. The Morgan fingerprint density at radius 2 is 2.24 bits per heavy atom. The number of thiophene rings is 1. The molecule has 1 saturated heterocycles. The molecule has 1 fully saturated rings. The lowest BCUT2D eigenvalue weighted by molar-refractivity contribution is -0.165. The normalized spacial score (nSPS) is 22.1. The number of carbonyl (C=O) groups is 2. The fraction of sp³-hybridized carbons (Fsp3) is 0.625. The molecule has 2 heterocycles. The second-order valence-corrected chi connectivity index (χ2v) is 6.61. The number of piperidine rings is 1. The summed E-state index contributed by atoms with van der Waals surface area (Å²) in [4.78, 5) is 27.7. The lowest BCUT2D eigenvalue weighted by atomic mass is 9.88. The molecular formula is C16H23NO3S. The molecule has 0 bridgehead atoms. The van der Waals surface area contributed by atoms with Crippen LogP contribution in [-0.4, -0.2) is 35.5 Å². The van der Waals surface area contributed by atoms with Crippen LogP contribution in [0, 0.1) is 0 Å². The highest BCUT2D eigenvalue weighted by molar-refractivity contribution is 7.09. The van der Waals surface area contributed by atoms with E-state index in [1.54, 1.807) is 23.2 Å². The third kappa shape index (κ3) is 3.64. The van der Waals surface area contributed by atoms with Crippen molar-refractivity contribution in [3.63, 3.8) is 0 Å². The van der Waals surface area contributed by atoms with Crippen LogP contribution in [0.15, 0.2) is 17.5 Å². The van der Waals surface area contributed by atoms with Crippen LogP contribution in [0.1, 0.15) is 44.4 Å². The number of esters is 1. The minimum Gasteiger partial charge on any atom is -0.464 e. The van der Waals surface area contributed by atoms with Gasteiger partial charge >= 0.3 is 5.97 Å². The summed E-state index contributed by atoms with van der Waals surface area (Å²) < 4.78 is 5.18. The van der Waals surface area contributed by atoms with Crippen molar-refractivity contribution in [2.45, 2.75) is 51.5 Å². The molecule has 4 nitrogen and oxygen atoms in total. The molecule has 21 heavy (non-hydrogen) atoms. The molecule has 1 unspecified atom stereocenters. The number of hydrogen-bond donors (Lipinski definition) is 0. The Kier molecular flexibility index (Phi) is 5.39. The van der Waals surface area contributed by atoms with E-state index in [0.29, 0.717) is 26.0 Å². The van der Waals surface area contributed by atoms with Gasteiger partial charge in [0.2, 0.25) is 5.91 Å². The van der Waals surface area contributed by atoms with Gasteiger partial charge in [-0.15, -0.1) is 11.3 Å². The van der Waals surface area contributed by atoms with E-state index in [9.17, 15) is 9.59 Å². The van der Waals surface area contributed by atoms with E-state index < -0.39 is 5.54 Å². The monoisotopic (exact) mass is 309 g/mol. The molecule has 1 aliphatic rings. The van der Waals surface area contributed by atoms with Crippen LogP contribution in [0.4, 0.5) is 0 Å². The maximum Gasteiger partial charge on any atom is 0.331 e. The van der Waals surface area contributed by atoms with Crippen molar-refractivity contribution in [2.75, 3.05) is 13.2 Å². The molecule has 1 aliphatic heterocycles. The Morgan fingerprint density at radius 3 is 2.90 bits per heavy atom. The van der Waals surface area contributed by atoms with Crippen molar-refractivity contribution >= 4 is 23.2 Å². The van der Waals surface area contributed by atoms with Gasteiger partial charge in [-0.1, -0.05) is 6.07 Å². The van der Waals surface area contributed by atoms with E-state index in [0.717, 1.165) is 19.3 Å². The van der Waals surface area contributed by atoms with E-state index in [2.05, 4.69) is 0 Å². The number of hydrogen-bond acceptors (Lipinski definition) is 4. The highest BCUT2D eigenvalue weighted by atomic mass is 32.1. The standard InChI is InChI=1S/C16H23NO3S/c1-3-20-15(19)16(2)10-4-5-11-17(16)14(18)9-8-13-7-6-12-21-13/h6-7,12H,3-5,8-11H2,1-2H3. The van der Waals surface area contributed by atoms with Crippen molar-refractivity contribution < 1.29 is 14.3 Å². The van der Waals surface area contributed by atoms with Gasteiger partial charge in [-0.3, -0.25) is 4.79 Å². The van der Waals surface area contributed by atoms with Crippen LogP contribution in [0.2, 0.25) is 0 Å². The molecule has 0 N–H and O–H groups in total. The number of likely N-dealkylation sites (tertiary alicyclic amines) is 1. The Balaban J connectivity index is 2.03. The molecular weight excluding hydrogens is 286 g/mol. The molecule has 1 atom stereocenters. The van der Waals surface area contributed by atoms with Crippen LogP contribution >= 0.6 is 11.3 Å². The van der Waals surface area contributed by atoms with Crippen molar-refractivity contribution in [1.29, 1.82) is 0 Å². The predicted molar refractivity (Wildman–Crippen MR) is 83.2 cm³/mol. The van der Waals surface area contributed by atoms with E-state index >= 15 is 0 Å². The average molecular weight is 309 g/mol. The lowest BCUT2D eigenvalue weighted by Crippen LogP contribution is -2.58. The van der Waals surface area contributed by atoms with Crippen molar-refractivity contribution in [2.24, 2.45) is 0 Å². The third-order valence-corrected chi connectivity index (χ3v) is 5.01. The van der Waals surface area contributed by atoms with Gasteiger partial charge in [-0.25, -0.2) is 4.79 Å². The largest absolute Gasteiger partial charge is 0.464 e. The summed E-state index contributed by atoms with van der Waals surface area (Å²) in [5, 5.41) is 2.02. The topological polar surface area (TPSA) is 46.6 Å². The summed E-state index contributed by atoms with van der Waals surface area (Å²) in [6.07, 6.45) is 3.81. The molecule has 0 aromatic carbocycles.